The molecule has 0 unspecified atom stereocenters. The maximum absolute atomic E-state index is 11.6. The second-order valence-corrected chi connectivity index (χ2v) is 5.85. The fourth-order valence-corrected chi connectivity index (χ4v) is 1.84. The third-order valence-electron chi connectivity index (χ3n) is 3.25. The number of carbonyl (C=O) groups is 1. The van der Waals surface area contributed by atoms with E-state index in [0.717, 1.165) is 18.4 Å². The Morgan fingerprint density at radius 1 is 1.38 bits per heavy atom. The van der Waals surface area contributed by atoms with Crippen LogP contribution in [0.25, 0.3) is 0 Å². The zero-order valence-corrected chi connectivity index (χ0v) is 12.6. The molecule has 0 spiro atoms. The third kappa shape index (κ3) is 6.77. The fraction of sp³-hybridized carbons (Fsp3) is 0.500. The van der Waals surface area contributed by atoms with Gasteiger partial charge in [-0.05, 0) is 36.0 Å². The number of aliphatic hydroxyl groups is 1. The number of hydrogen-bond acceptors (Lipinski definition) is 3. The highest BCUT2D eigenvalue weighted by Crippen LogP contribution is 2.20. The zero-order chi connectivity index (χ0) is 15.7. The molecule has 0 bridgehead atoms. The van der Waals surface area contributed by atoms with E-state index in [4.69, 9.17) is 10.4 Å². The predicted molar refractivity (Wildman–Crippen MR) is 81.5 cm³/mol. The summed E-state index contributed by atoms with van der Waals surface area (Å²) in [5.74, 6) is 0. The number of nitriles is 1. The normalized spacial score (nSPS) is 10.8. The van der Waals surface area contributed by atoms with Crippen LogP contribution >= 0.6 is 0 Å². The molecule has 0 saturated carbocycles. The van der Waals surface area contributed by atoms with Gasteiger partial charge in [0.2, 0.25) is 0 Å². The van der Waals surface area contributed by atoms with Crippen LogP contribution in [0.3, 0.4) is 0 Å². The third-order valence-corrected chi connectivity index (χ3v) is 3.25. The highest BCUT2D eigenvalue weighted by molar-refractivity contribution is 5.73. The molecule has 0 aliphatic heterocycles. The van der Waals surface area contributed by atoms with Crippen LogP contribution in [0.5, 0.6) is 0 Å². The Balaban J connectivity index is 2.24. The van der Waals surface area contributed by atoms with Gasteiger partial charge in [0.1, 0.15) is 0 Å². The lowest BCUT2D eigenvalue weighted by Gasteiger charge is -2.21. The van der Waals surface area contributed by atoms with Crippen molar-refractivity contribution in [2.24, 2.45) is 5.41 Å². The number of nitrogens with zero attached hydrogens (tertiary/aromatic N) is 1. The first-order valence-electron chi connectivity index (χ1n) is 7.08. The van der Waals surface area contributed by atoms with Gasteiger partial charge < -0.3 is 15.7 Å². The van der Waals surface area contributed by atoms with Gasteiger partial charge in [0.25, 0.3) is 0 Å². The van der Waals surface area contributed by atoms with Crippen molar-refractivity contribution in [2.75, 3.05) is 13.2 Å². The summed E-state index contributed by atoms with van der Waals surface area (Å²) in [7, 11) is 0. The number of rotatable bonds is 7. The molecule has 5 heteroatoms. The summed E-state index contributed by atoms with van der Waals surface area (Å²) in [5, 5.41) is 23.5. The van der Waals surface area contributed by atoms with Crippen molar-refractivity contribution in [3.8, 4) is 6.07 Å². The Morgan fingerprint density at radius 3 is 2.81 bits per heavy atom. The molecule has 2 amide bonds. The molecule has 1 aromatic rings. The molecular formula is C16H23N3O2. The maximum atomic E-state index is 11.6. The van der Waals surface area contributed by atoms with Crippen LogP contribution in [0.15, 0.2) is 24.3 Å². The van der Waals surface area contributed by atoms with Crippen molar-refractivity contribution < 1.29 is 9.90 Å². The number of amides is 2. The summed E-state index contributed by atoms with van der Waals surface area (Å²) < 4.78 is 0. The maximum Gasteiger partial charge on any atom is 0.315 e. The second kappa shape index (κ2) is 8.28. The number of urea groups is 1. The molecule has 0 fully saturated rings. The van der Waals surface area contributed by atoms with Gasteiger partial charge in [0.15, 0.2) is 0 Å². The standard InChI is InChI=1S/C16H23N3O2/c1-16(2,12-20)7-4-8-18-15(21)19-11-14-6-3-5-13(9-14)10-17/h3,5-6,9,20H,4,7-8,11-12H2,1-2H3,(H2,18,19,21). The monoisotopic (exact) mass is 289 g/mol. The van der Waals surface area contributed by atoms with Crippen molar-refractivity contribution in [1.82, 2.24) is 10.6 Å². The SMILES string of the molecule is CC(C)(CO)CCCNC(=O)NCc1cccc(C#N)c1. The van der Waals surface area contributed by atoms with Gasteiger partial charge in [-0.1, -0.05) is 26.0 Å². The summed E-state index contributed by atoms with van der Waals surface area (Å²) in [5.41, 5.74) is 1.38. The Bertz CT molecular complexity index is 506. The van der Waals surface area contributed by atoms with Crippen molar-refractivity contribution >= 4 is 6.03 Å². The summed E-state index contributed by atoms with van der Waals surface area (Å²) in [6.07, 6.45) is 1.68. The van der Waals surface area contributed by atoms with Gasteiger partial charge >= 0.3 is 6.03 Å². The van der Waals surface area contributed by atoms with Gasteiger partial charge in [0, 0.05) is 19.7 Å². The first-order valence-corrected chi connectivity index (χ1v) is 7.08. The van der Waals surface area contributed by atoms with Crippen LogP contribution in [0.4, 0.5) is 4.79 Å². The molecule has 5 nitrogen and oxygen atoms in total. The summed E-state index contributed by atoms with van der Waals surface area (Å²) in [4.78, 5) is 11.6. The smallest absolute Gasteiger partial charge is 0.315 e. The molecule has 1 rings (SSSR count). The minimum Gasteiger partial charge on any atom is -0.396 e. The lowest BCUT2D eigenvalue weighted by Crippen LogP contribution is -2.36. The zero-order valence-electron chi connectivity index (χ0n) is 12.6. The number of hydrogen-bond donors (Lipinski definition) is 3. The van der Waals surface area contributed by atoms with Gasteiger partial charge in [0.05, 0.1) is 11.6 Å². The van der Waals surface area contributed by atoms with Crippen LogP contribution in [0.2, 0.25) is 0 Å². The fourth-order valence-electron chi connectivity index (χ4n) is 1.84. The van der Waals surface area contributed by atoms with E-state index in [1.54, 1.807) is 18.2 Å². The van der Waals surface area contributed by atoms with Crippen LogP contribution < -0.4 is 10.6 Å². The Kier molecular flexibility index (Phi) is 6.70. The van der Waals surface area contributed by atoms with Gasteiger partial charge in [-0.25, -0.2) is 4.79 Å². The first kappa shape index (κ1) is 17.0. The Labute approximate surface area is 126 Å². The van der Waals surface area contributed by atoms with Gasteiger partial charge in [-0.3, -0.25) is 0 Å². The van der Waals surface area contributed by atoms with Crippen molar-refractivity contribution in [1.29, 1.82) is 5.26 Å². The lowest BCUT2D eigenvalue weighted by atomic mass is 9.89. The van der Waals surface area contributed by atoms with E-state index in [1.165, 1.54) is 0 Å². The molecule has 3 N–H and O–H groups in total. The minimum absolute atomic E-state index is 0.101. The predicted octanol–water partition coefficient (Wildman–Crippen LogP) is 2.16. The van der Waals surface area contributed by atoms with E-state index in [1.807, 2.05) is 19.9 Å². The topological polar surface area (TPSA) is 85.2 Å². The number of carbonyl (C=O) groups excluding carboxylic acids is 1. The van der Waals surface area contributed by atoms with Crippen molar-refractivity contribution in [3.63, 3.8) is 0 Å². The average Bonchev–Trinajstić information content (AvgIpc) is 2.50. The molecule has 0 saturated heterocycles. The van der Waals surface area contributed by atoms with E-state index in [0.29, 0.717) is 18.7 Å². The average molecular weight is 289 g/mol. The number of nitrogens with one attached hydrogen (secondary N) is 2. The summed E-state index contributed by atoms with van der Waals surface area (Å²) in [6.45, 7) is 5.11. The van der Waals surface area contributed by atoms with Crippen molar-refractivity contribution in [2.45, 2.75) is 33.2 Å². The van der Waals surface area contributed by atoms with Crippen LogP contribution in [0, 0.1) is 16.7 Å². The lowest BCUT2D eigenvalue weighted by molar-refractivity contribution is 0.148. The first-order chi connectivity index (χ1) is 9.96. The molecule has 114 valence electrons. The molecule has 1 aromatic carbocycles. The molecule has 0 radical (unpaired) electrons. The van der Waals surface area contributed by atoms with Crippen LogP contribution in [-0.2, 0) is 6.54 Å². The van der Waals surface area contributed by atoms with Gasteiger partial charge in [-0.15, -0.1) is 0 Å². The molecule has 21 heavy (non-hydrogen) atoms. The molecule has 0 aromatic heterocycles. The number of benzene rings is 1. The summed E-state index contributed by atoms with van der Waals surface area (Å²) in [6, 6.07) is 8.99. The van der Waals surface area contributed by atoms with Gasteiger partial charge in [-0.2, -0.15) is 5.26 Å². The molecule has 0 aliphatic rings. The molecule has 0 atom stereocenters. The second-order valence-electron chi connectivity index (χ2n) is 5.85. The highest BCUT2D eigenvalue weighted by atomic mass is 16.3. The number of aliphatic hydroxyl groups excluding tert-OH is 1. The molecule has 0 aliphatic carbocycles. The highest BCUT2D eigenvalue weighted by Gasteiger charge is 2.15. The molecular weight excluding hydrogens is 266 g/mol. The largest absolute Gasteiger partial charge is 0.396 e. The minimum atomic E-state index is -0.223. The van der Waals surface area contributed by atoms with E-state index in [-0.39, 0.29) is 18.1 Å². The van der Waals surface area contributed by atoms with Crippen molar-refractivity contribution in [3.05, 3.63) is 35.4 Å². The van der Waals surface area contributed by atoms with E-state index in [2.05, 4.69) is 16.7 Å². The quantitative estimate of drug-likeness (QED) is 0.672. The molecule has 0 heterocycles. The van der Waals surface area contributed by atoms with Crippen LogP contribution in [-0.4, -0.2) is 24.3 Å². The van der Waals surface area contributed by atoms with E-state index in [9.17, 15) is 4.79 Å². The van der Waals surface area contributed by atoms with E-state index >= 15 is 0 Å². The van der Waals surface area contributed by atoms with E-state index < -0.39 is 0 Å². The Hall–Kier alpha value is -2.06. The Morgan fingerprint density at radius 2 is 2.14 bits per heavy atom. The summed E-state index contributed by atoms with van der Waals surface area (Å²) >= 11 is 0. The van der Waals surface area contributed by atoms with Crippen LogP contribution in [0.1, 0.15) is 37.8 Å².